The quantitative estimate of drug-likeness (QED) is 0.345. The predicted octanol–water partition coefficient (Wildman–Crippen LogP) is 1.79. The van der Waals surface area contributed by atoms with Gasteiger partial charge in [0.2, 0.25) is 0 Å². The Morgan fingerprint density at radius 2 is 1.73 bits per heavy atom. The minimum atomic E-state index is -2.44. The van der Waals surface area contributed by atoms with Crippen LogP contribution in [0, 0.1) is 0 Å². The molecule has 0 saturated carbocycles. The van der Waals surface area contributed by atoms with E-state index in [9.17, 15) is 4.79 Å². The van der Waals surface area contributed by atoms with E-state index in [4.69, 9.17) is 13.3 Å². The third-order valence-corrected chi connectivity index (χ3v) is 5.15. The summed E-state index contributed by atoms with van der Waals surface area (Å²) >= 11 is 0. The van der Waals surface area contributed by atoms with Crippen molar-refractivity contribution in [3.63, 3.8) is 0 Å². The zero-order chi connectivity index (χ0) is 11.7. The monoisotopic (exact) mass is 232 g/mol. The van der Waals surface area contributed by atoms with Crippen LogP contribution >= 0.6 is 0 Å². The van der Waals surface area contributed by atoms with E-state index in [1.165, 1.54) is 6.08 Å². The van der Waals surface area contributed by atoms with Crippen molar-refractivity contribution in [1.29, 1.82) is 0 Å². The molecule has 15 heavy (non-hydrogen) atoms. The minimum absolute atomic E-state index is 0.0783. The van der Waals surface area contributed by atoms with Crippen LogP contribution in [0.4, 0.5) is 0 Å². The molecule has 5 heteroatoms. The van der Waals surface area contributed by atoms with E-state index in [-0.39, 0.29) is 5.78 Å². The lowest BCUT2D eigenvalue weighted by Crippen LogP contribution is -2.42. The summed E-state index contributed by atoms with van der Waals surface area (Å²) in [6.07, 6.45) is 3.57. The number of hydrogen-bond acceptors (Lipinski definition) is 4. The highest BCUT2D eigenvalue weighted by Gasteiger charge is 2.36. The highest BCUT2D eigenvalue weighted by molar-refractivity contribution is 6.60. The molecular weight excluding hydrogens is 212 g/mol. The first kappa shape index (κ1) is 14.5. The van der Waals surface area contributed by atoms with Gasteiger partial charge in [-0.15, -0.1) is 0 Å². The van der Waals surface area contributed by atoms with Gasteiger partial charge in [-0.3, -0.25) is 4.79 Å². The first-order chi connectivity index (χ1) is 7.14. The van der Waals surface area contributed by atoms with Crippen molar-refractivity contribution >= 4 is 14.6 Å². The van der Waals surface area contributed by atoms with E-state index in [1.54, 1.807) is 21.3 Å². The van der Waals surface area contributed by atoms with Gasteiger partial charge in [0.1, 0.15) is 0 Å². The van der Waals surface area contributed by atoms with E-state index in [2.05, 4.69) is 6.58 Å². The number of rotatable bonds is 9. The van der Waals surface area contributed by atoms with Gasteiger partial charge in [-0.2, -0.15) is 0 Å². The van der Waals surface area contributed by atoms with Gasteiger partial charge >= 0.3 is 8.80 Å². The maximum absolute atomic E-state index is 10.9. The second kappa shape index (κ2) is 7.75. The van der Waals surface area contributed by atoms with E-state index in [1.807, 2.05) is 0 Å². The molecule has 0 rings (SSSR count). The molecule has 0 aromatic rings. The molecule has 0 unspecified atom stereocenters. The predicted molar refractivity (Wildman–Crippen MR) is 60.6 cm³/mol. The smallest absolute Gasteiger partial charge is 0.377 e. The lowest BCUT2D eigenvalue weighted by molar-refractivity contribution is -0.114. The molecule has 0 aliphatic carbocycles. The van der Waals surface area contributed by atoms with Gasteiger partial charge in [0.25, 0.3) is 0 Å². The van der Waals surface area contributed by atoms with Crippen molar-refractivity contribution < 1.29 is 18.1 Å². The molecule has 0 amide bonds. The van der Waals surface area contributed by atoms with E-state index in [0.29, 0.717) is 6.42 Å². The number of ketones is 1. The Kier molecular flexibility index (Phi) is 7.50. The number of allylic oxidation sites excluding steroid dienone is 1. The van der Waals surface area contributed by atoms with Gasteiger partial charge in [-0.1, -0.05) is 6.58 Å². The number of hydrogen-bond donors (Lipinski definition) is 0. The number of carbonyl (C=O) groups is 1. The zero-order valence-corrected chi connectivity index (χ0v) is 10.7. The van der Waals surface area contributed by atoms with Gasteiger partial charge in [-0.05, 0) is 18.9 Å². The molecule has 88 valence electrons. The van der Waals surface area contributed by atoms with E-state index < -0.39 is 8.80 Å². The van der Waals surface area contributed by atoms with Crippen LogP contribution < -0.4 is 0 Å². The summed E-state index contributed by atoms with van der Waals surface area (Å²) in [7, 11) is 2.34. The maximum atomic E-state index is 10.9. The summed E-state index contributed by atoms with van der Waals surface area (Å²) in [6, 6.07) is 0.737. The molecule has 0 aliphatic rings. The van der Waals surface area contributed by atoms with Crippen LogP contribution in [0.3, 0.4) is 0 Å². The molecule has 0 spiro atoms. The average Bonchev–Trinajstić information content (AvgIpc) is 2.30. The number of carbonyl (C=O) groups excluding carboxylic acids is 1. The molecule has 0 radical (unpaired) electrons. The topological polar surface area (TPSA) is 44.8 Å². The molecular formula is C10H20O4Si. The fourth-order valence-corrected chi connectivity index (χ4v) is 3.09. The molecule has 0 aromatic heterocycles. The molecule has 0 bridgehead atoms. The molecule has 0 aliphatic heterocycles. The normalized spacial score (nSPS) is 11.4. The Morgan fingerprint density at radius 1 is 1.20 bits per heavy atom. The first-order valence-corrected chi connectivity index (χ1v) is 6.88. The van der Waals surface area contributed by atoms with Gasteiger partial charge in [0.05, 0.1) is 0 Å². The summed E-state index contributed by atoms with van der Waals surface area (Å²) in [5, 5.41) is 0. The highest BCUT2D eigenvalue weighted by Crippen LogP contribution is 2.17. The van der Waals surface area contributed by atoms with Crippen LogP contribution in [0.2, 0.25) is 6.04 Å². The van der Waals surface area contributed by atoms with Crippen LogP contribution in [-0.4, -0.2) is 35.9 Å². The number of unbranched alkanes of at least 4 members (excludes halogenated alkanes) is 1. The average molecular weight is 232 g/mol. The Hall–Kier alpha value is -0.493. The third-order valence-electron chi connectivity index (χ3n) is 2.32. The Morgan fingerprint density at radius 3 is 2.13 bits per heavy atom. The summed E-state index contributed by atoms with van der Waals surface area (Å²) in [5.74, 6) is 0.0783. The molecule has 0 saturated heterocycles. The second-order valence-electron chi connectivity index (χ2n) is 3.17. The third kappa shape index (κ3) is 5.22. The second-order valence-corrected chi connectivity index (χ2v) is 6.26. The molecule has 0 aromatic carbocycles. The van der Waals surface area contributed by atoms with Crippen molar-refractivity contribution in [1.82, 2.24) is 0 Å². The highest BCUT2D eigenvalue weighted by atomic mass is 28.4. The summed E-state index contributed by atoms with van der Waals surface area (Å²) < 4.78 is 15.8. The van der Waals surface area contributed by atoms with Crippen LogP contribution in [0.15, 0.2) is 12.7 Å². The lowest BCUT2D eigenvalue weighted by atomic mass is 10.2. The van der Waals surface area contributed by atoms with E-state index in [0.717, 1.165) is 18.9 Å². The van der Waals surface area contributed by atoms with Crippen LogP contribution in [0.5, 0.6) is 0 Å². The van der Waals surface area contributed by atoms with Crippen LogP contribution in [0.1, 0.15) is 19.3 Å². The molecule has 0 N–H and O–H groups in total. The zero-order valence-electron chi connectivity index (χ0n) is 9.75. The lowest BCUT2D eigenvalue weighted by Gasteiger charge is -2.24. The van der Waals surface area contributed by atoms with Crippen molar-refractivity contribution in [3.05, 3.63) is 12.7 Å². The first-order valence-electron chi connectivity index (χ1n) is 4.95. The van der Waals surface area contributed by atoms with Gasteiger partial charge in [0.15, 0.2) is 5.78 Å². The van der Waals surface area contributed by atoms with Gasteiger partial charge in [-0.25, -0.2) is 0 Å². The molecule has 0 fully saturated rings. The van der Waals surface area contributed by atoms with Crippen molar-refractivity contribution in [3.8, 4) is 0 Å². The van der Waals surface area contributed by atoms with Crippen LogP contribution in [0.25, 0.3) is 0 Å². The Bertz CT molecular complexity index is 193. The van der Waals surface area contributed by atoms with E-state index >= 15 is 0 Å². The summed E-state index contributed by atoms with van der Waals surface area (Å²) in [5.41, 5.74) is 0. The summed E-state index contributed by atoms with van der Waals surface area (Å²) in [6.45, 7) is 3.42. The Labute approximate surface area is 92.6 Å². The largest absolute Gasteiger partial charge is 0.500 e. The maximum Gasteiger partial charge on any atom is 0.500 e. The van der Waals surface area contributed by atoms with Crippen molar-refractivity contribution in [2.24, 2.45) is 0 Å². The standard InChI is InChI=1S/C10H20O4Si/c1-5-10(11)8-6-7-9-15(12-2,13-3)14-4/h5H,1,6-9H2,2-4H3. The SMILES string of the molecule is C=CC(=O)CCCC[Si](OC)(OC)OC. The fraction of sp³-hybridized carbons (Fsp3) is 0.700. The molecule has 4 nitrogen and oxygen atoms in total. The van der Waals surface area contributed by atoms with Crippen molar-refractivity contribution in [2.75, 3.05) is 21.3 Å². The van der Waals surface area contributed by atoms with Gasteiger partial charge in [0, 0.05) is 33.8 Å². The summed E-state index contributed by atoms with van der Waals surface area (Å²) in [4.78, 5) is 10.9. The minimum Gasteiger partial charge on any atom is -0.377 e. The Balaban J connectivity index is 3.81. The van der Waals surface area contributed by atoms with Gasteiger partial charge < -0.3 is 13.3 Å². The van der Waals surface area contributed by atoms with Crippen molar-refractivity contribution in [2.45, 2.75) is 25.3 Å². The molecule has 0 heterocycles. The fourth-order valence-electron chi connectivity index (χ4n) is 1.30. The van der Waals surface area contributed by atoms with Crippen LogP contribution in [-0.2, 0) is 18.1 Å². The molecule has 0 atom stereocenters.